The highest BCUT2D eigenvalue weighted by molar-refractivity contribution is 5.59. The third-order valence-electron chi connectivity index (χ3n) is 2.61. The average Bonchev–Trinajstić information content (AvgIpc) is 2.30. The lowest BCUT2D eigenvalue weighted by Gasteiger charge is -2.05. The minimum absolute atomic E-state index is 0.284. The summed E-state index contributed by atoms with van der Waals surface area (Å²) in [6, 6.07) is 9.59. The van der Waals surface area contributed by atoms with E-state index in [-0.39, 0.29) is 5.82 Å². The molecule has 0 bridgehead atoms. The van der Waals surface area contributed by atoms with Gasteiger partial charge in [-0.05, 0) is 61.4 Å². The maximum Gasteiger partial charge on any atom is 0.123 e. The molecule has 2 N–H and O–H groups in total. The summed E-state index contributed by atoms with van der Waals surface area (Å²) in [5, 5.41) is 8.28. The number of hydrogen-bond donors (Lipinski definition) is 1. The molecular weight excluding hydrogens is 229 g/mol. The largest absolute Gasteiger partial charge is 0.399 e. The molecule has 2 rings (SSSR count). The molecule has 18 heavy (non-hydrogen) atoms. The van der Waals surface area contributed by atoms with Gasteiger partial charge in [0.25, 0.3) is 0 Å². The van der Waals surface area contributed by atoms with E-state index in [2.05, 4.69) is 10.2 Å². The van der Waals surface area contributed by atoms with Crippen molar-refractivity contribution >= 4 is 17.1 Å². The zero-order chi connectivity index (χ0) is 13.1. The number of benzene rings is 2. The van der Waals surface area contributed by atoms with E-state index in [4.69, 9.17) is 5.73 Å². The molecule has 2 aromatic carbocycles. The van der Waals surface area contributed by atoms with Crippen LogP contribution in [0.4, 0.5) is 21.5 Å². The van der Waals surface area contributed by atoms with Crippen molar-refractivity contribution < 1.29 is 4.39 Å². The van der Waals surface area contributed by atoms with Gasteiger partial charge < -0.3 is 5.73 Å². The molecule has 0 radical (unpaired) electrons. The van der Waals surface area contributed by atoms with Crippen LogP contribution in [0.25, 0.3) is 0 Å². The third-order valence-corrected chi connectivity index (χ3v) is 2.61. The molecule has 0 unspecified atom stereocenters. The van der Waals surface area contributed by atoms with Gasteiger partial charge in [0.1, 0.15) is 5.82 Å². The van der Waals surface area contributed by atoms with Crippen molar-refractivity contribution in [1.82, 2.24) is 0 Å². The molecule has 0 aromatic heterocycles. The van der Waals surface area contributed by atoms with Gasteiger partial charge in [0, 0.05) is 5.69 Å². The molecule has 0 spiro atoms. The molecule has 3 nitrogen and oxygen atoms in total. The Bertz CT molecular complexity index is 565. The van der Waals surface area contributed by atoms with Gasteiger partial charge in [-0.3, -0.25) is 0 Å². The Morgan fingerprint density at radius 2 is 1.50 bits per heavy atom. The van der Waals surface area contributed by atoms with Crippen molar-refractivity contribution in [3.63, 3.8) is 0 Å². The Hall–Kier alpha value is -2.23. The van der Waals surface area contributed by atoms with Crippen molar-refractivity contribution in [2.24, 2.45) is 10.2 Å². The van der Waals surface area contributed by atoms with Gasteiger partial charge in [0.15, 0.2) is 0 Å². The van der Waals surface area contributed by atoms with Crippen LogP contribution in [-0.4, -0.2) is 0 Å². The van der Waals surface area contributed by atoms with E-state index >= 15 is 0 Å². The van der Waals surface area contributed by atoms with E-state index < -0.39 is 0 Å². The lowest BCUT2D eigenvalue weighted by Crippen LogP contribution is -1.88. The molecule has 0 saturated heterocycles. The van der Waals surface area contributed by atoms with Crippen molar-refractivity contribution in [1.29, 1.82) is 0 Å². The van der Waals surface area contributed by atoms with Crippen molar-refractivity contribution in [3.8, 4) is 0 Å². The zero-order valence-corrected chi connectivity index (χ0v) is 10.3. The second-order valence-electron chi connectivity index (χ2n) is 4.18. The van der Waals surface area contributed by atoms with Crippen molar-refractivity contribution in [2.45, 2.75) is 13.8 Å². The molecule has 0 saturated carbocycles. The Morgan fingerprint density at radius 3 is 2.06 bits per heavy atom. The number of halogens is 1. The summed E-state index contributed by atoms with van der Waals surface area (Å²) in [5.41, 5.74) is 9.81. The molecule has 4 heteroatoms. The molecule has 0 aliphatic heterocycles. The monoisotopic (exact) mass is 243 g/mol. The lowest BCUT2D eigenvalue weighted by molar-refractivity contribution is 0.628. The van der Waals surface area contributed by atoms with E-state index in [9.17, 15) is 4.39 Å². The van der Waals surface area contributed by atoms with Crippen LogP contribution < -0.4 is 5.73 Å². The normalized spacial score (nSPS) is 11.1. The molecule has 0 aliphatic carbocycles. The summed E-state index contributed by atoms with van der Waals surface area (Å²) in [7, 11) is 0. The van der Waals surface area contributed by atoms with Gasteiger partial charge in [-0.2, -0.15) is 10.2 Å². The highest BCUT2D eigenvalue weighted by Gasteiger charge is 2.02. The number of aryl methyl sites for hydroxylation is 2. The summed E-state index contributed by atoms with van der Waals surface area (Å²) in [6.45, 7) is 3.87. The molecule has 0 aliphatic rings. The smallest absolute Gasteiger partial charge is 0.123 e. The maximum absolute atomic E-state index is 12.7. The first-order valence-electron chi connectivity index (χ1n) is 5.60. The van der Waals surface area contributed by atoms with E-state index in [1.807, 2.05) is 26.0 Å². The van der Waals surface area contributed by atoms with Crippen LogP contribution in [0.5, 0.6) is 0 Å². The topological polar surface area (TPSA) is 50.7 Å². The van der Waals surface area contributed by atoms with Gasteiger partial charge in [-0.25, -0.2) is 4.39 Å². The molecule has 0 fully saturated rings. The van der Waals surface area contributed by atoms with E-state index in [1.165, 1.54) is 12.1 Å². The highest BCUT2D eigenvalue weighted by atomic mass is 19.1. The van der Waals surface area contributed by atoms with Crippen LogP contribution in [0.1, 0.15) is 11.1 Å². The molecule has 0 heterocycles. The fraction of sp³-hybridized carbons (Fsp3) is 0.143. The molecule has 0 amide bonds. The van der Waals surface area contributed by atoms with Gasteiger partial charge in [-0.1, -0.05) is 0 Å². The Balaban J connectivity index is 2.31. The van der Waals surface area contributed by atoms with Crippen LogP contribution in [0.15, 0.2) is 46.6 Å². The van der Waals surface area contributed by atoms with Crippen LogP contribution in [0.3, 0.4) is 0 Å². The fourth-order valence-electron chi connectivity index (χ4n) is 1.76. The Labute approximate surface area is 105 Å². The Morgan fingerprint density at radius 1 is 0.944 bits per heavy atom. The van der Waals surface area contributed by atoms with E-state index in [0.29, 0.717) is 11.4 Å². The lowest BCUT2D eigenvalue weighted by atomic mass is 10.1. The number of azo groups is 1. The second kappa shape index (κ2) is 4.96. The molecule has 0 atom stereocenters. The second-order valence-corrected chi connectivity index (χ2v) is 4.18. The number of nitrogens with zero attached hydrogens (tertiary/aromatic N) is 2. The first kappa shape index (κ1) is 12.2. The molecular formula is C14H14FN3. The molecule has 2 aromatic rings. The SMILES string of the molecule is Cc1cc(N)cc(C)c1N=Nc1ccc(F)cc1. The van der Waals surface area contributed by atoms with Crippen LogP contribution in [0.2, 0.25) is 0 Å². The van der Waals surface area contributed by atoms with Gasteiger partial charge in [0.05, 0.1) is 11.4 Å². The zero-order valence-electron chi connectivity index (χ0n) is 10.3. The average molecular weight is 243 g/mol. The van der Waals surface area contributed by atoms with Gasteiger partial charge in [-0.15, -0.1) is 0 Å². The third kappa shape index (κ3) is 2.71. The predicted molar refractivity (Wildman–Crippen MR) is 70.9 cm³/mol. The molecule has 92 valence electrons. The highest BCUT2D eigenvalue weighted by Crippen LogP contribution is 2.28. The van der Waals surface area contributed by atoms with Gasteiger partial charge in [0.2, 0.25) is 0 Å². The first-order chi connectivity index (χ1) is 8.56. The number of nitrogens with two attached hydrogens (primary N) is 1. The number of nitrogen functional groups attached to an aromatic ring is 1. The minimum Gasteiger partial charge on any atom is -0.399 e. The van der Waals surface area contributed by atoms with E-state index in [1.54, 1.807) is 12.1 Å². The predicted octanol–water partition coefficient (Wildman–Crippen LogP) is 4.44. The van der Waals surface area contributed by atoms with Gasteiger partial charge >= 0.3 is 0 Å². The fourth-order valence-corrected chi connectivity index (χ4v) is 1.76. The van der Waals surface area contributed by atoms with Crippen molar-refractivity contribution in [3.05, 3.63) is 53.3 Å². The summed E-state index contributed by atoms with van der Waals surface area (Å²) < 4.78 is 12.7. The number of anilines is 1. The Kier molecular flexibility index (Phi) is 3.37. The summed E-state index contributed by atoms with van der Waals surface area (Å²) >= 11 is 0. The summed E-state index contributed by atoms with van der Waals surface area (Å²) in [4.78, 5) is 0. The van der Waals surface area contributed by atoms with Crippen LogP contribution >= 0.6 is 0 Å². The van der Waals surface area contributed by atoms with Crippen LogP contribution in [-0.2, 0) is 0 Å². The first-order valence-corrected chi connectivity index (χ1v) is 5.60. The number of hydrogen-bond acceptors (Lipinski definition) is 3. The summed E-state index contributed by atoms with van der Waals surface area (Å²) in [5.74, 6) is -0.284. The van der Waals surface area contributed by atoms with Crippen molar-refractivity contribution in [2.75, 3.05) is 5.73 Å². The van der Waals surface area contributed by atoms with E-state index in [0.717, 1.165) is 16.8 Å². The summed E-state index contributed by atoms with van der Waals surface area (Å²) in [6.07, 6.45) is 0. The van der Waals surface area contributed by atoms with Crippen LogP contribution in [0, 0.1) is 19.7 Å². The quantitative estimate of drug-likeness (QED) is 0.615. The number of rotatable bonds is 2. The minimum atomic E-state index is -0.284. The maximum atomic E-state index is 12.7. The standard InChI is InChI=1S/C14H14FN3/c1-9-7-12(16)8-10(2)14(9)18-17-13-5-3-11(15)4-6-13/h3-8H,16H2,1-2H3.